The van der Waals surface area contributed by atoms with E-state index in [1.54, 1.807) is 36.4 Å². The van der Waals surface area contributed by atoms with Gasteiger partial charge in [-0.3, -0.25) is 14.0 Å². The van der Waals surface area contributed by atoms with Gasteiger partial charge in [-0.15, -0.1) is 0 Å². The quantitative estimate of drug-likeness (QED) is 0.835. The van der Waals surface area contributed by atoms with E-state index in [-0.39, 0.29) is 11.1 Å². The molecule has 2 atom stereocenters. The second-order valence-corrected chi connectivity index (χ2v) is 6.68. The fourth-order valence-electron chi connectivity index (χ4n) is 2.08. The van der Waals surface area contributed by atoms with Crippen LogP contribution in [0.1, 0.15) is 13.3 Å². The summed E-state index contributed by atoms with van der Waals surface area (Å²) in [6.45, 7) is 1.83. The molecule has 118 valence electrons. The Labute approximate surface area is 136 Å². The van der Waals surface area contributed by atoms with Crippen LogP contribution in [0.3, 0.4) is 0 Å². The molecule has 0 aliphatic carbocycles. The second kappa shape index (κ2) is 7.02. The molecule has 8 heteroatoms. The number of carbonyl (C=O) groups is 1. The number of amides is 1. The van der Waals surface area contributed by atoms with E-state index in [4.69, 9.17) is 11.6 Å². The van der Waals surface area contributed by atoms with Crippen molar-refractivity contribution in [2.24, 2.45) is 0 Å². The van der Waals surface area contributed by atoms with Crippen molar-refractivity contribution in [3.8, 4) is 5.69 Å². The Hall–Kier alpha value is -1.73. The fraction of sp³-hybridized carbons (Fsp3) is 0.357. The molecule has 0 N–H and O–H groups in total. The van der Waals surface area contributed by atoms with Crippen molar-refractivity contribution >= 4 is 34.0 Å². The monoisotopic (exact) mass is 340 g/mol. The third-order valence-electron chi connectivity index (χ3n) is 3.30. The summed E-state index contributed by atoms with van der Waals surface area (Å²) in [5.41, 5.74) is 1.21. The van der Waals surface area contributed by atoms with Gasteiger partial charge in [0.05, 0.1) is 18.1 Å². The van der Waals surface area contributed by atoms with Crippen molar-refractivity contribution in [1.29, 1.82) is 0 Å². The summed E-state index contributed by atoms with van der Waals surface area (Å²) in [6, 6.07) is 3.62. The molecule has 2 aromatic rings. The SMILES string of the molecule is CCC(C(=O)N(C)c1cn(-c2cccnc2)nc1Cl)S(C)=O. The number of carbonyl (C=O) groups excluding carboxylic acids is 1. The van der Waals surface area contributed by atoms with Gasteiger partial charge in [-0.2, -0.15) is 5.10 Å². The van der Waals surface area contributed by atoms with Crippen LogP contribution in [-0.4, -0.2) is 43.4 Å². The number of rotatable bonds is 5. The number of aromatic nitrogens is 3. The highest BCUT2D eigenvalue weighted by Crippen LogP contribution is 2.26. The summed E-state index contributed by atoms with van der Waals surface area (Å²) >= 11 is 6.14. The number of nitrogens with zero attached hydrogens (tertiary/aromatic N) is 4. The van der Waals surface area contributed by atoms with Crippen molar-refractivity contribution < 1.29 is 9.00 Å². The smallest absolute Gasteiger partial charge is 0.242 e. The highest BCUT2D eigenvalue weighted by Gasteiger charge is 2.27. The predicted octanol–water partition coefficient (Wildman–Crippen LogP) is 2.04. The third-order valence-corrected chi connectivity index (χ3v) is 4.91. The number of hydrogen-bond acceptors (Lipinski definition) is 4. The summed E-state index contributed by atoms with van der Waals surface area (Å²) in [7, 11) is 0.370. The first-order valence-corrected chi connectivity index (χ1v) is 8.71. The standard InChI is InChI=1S/C14H17ClN4O2S/c1-4-12(22(3)21)14(20)18(2)11-9-19(17-13(11)15)10-6-5-7-16-8-10/h5-9,12H,4H2,1-3H3. The minimum atomic E-state index is -1.24. The Balaban J connectivity index is 2.31. The lowest BCUT2D eigenvalue weighted by Gasteiger charge is -2.20. The Morgan fingerprint density at radius 2 is 2.27 bits per heavy atom. The van der Waals surface area contributed by atoms with Gasteiger partial charge in [0.1, 0.15) is 10.9 Å². The Kier molecular flexibility index (Phi) is 5.31. The maximum absolute atomic E-state index is 12.4. The van der Waals surface area contributed by atoms with E-state index in [0.717, 1.165) is 5.69 Å². The molecule has 2 aromatic heterocycles. The van der Waals surface area contributed by atoms with E-state index < -0.39 is 16.0 Å². The minimum Gasteiger partial charge on any atom is -0.310 e. The predicted molar refractivity (Wildman–Crippen MR) is 87.9 cm³/mol. The fourth-order valence-corrected chi connectivity index (χ4v) is 3.24. The minimum absolute atomic E-state index is 0.205. The molecule has 0 saturated carbocycles. The van der Waals surface area contributed by atoms with Crippen molar-refractivity contribution in [2.75, 3.05) is 18.2 Å². The normalized spacial score (nSPS) is 13.6. The molecule has 22 heavy (non-hydrogen) atoms. The first-order valence-electron chi connectivity index (χ1n) is 6.71. The molecule has 0 bridgehead atoms. The average Bonchev–Trinajstić information content (AvgIpc) is 2.89. The second-order valence-electron chi connectivity index (χ2n) is 4.75. The molecule has 1 amide bonds. The highest BCUT2D eigenvalue weighted by molar-refractivity contribution is 7.85. The van der Waals surface area contributed by atoms with Gasteiger partial charge in [-0.05, 0) is 18.6 Å². The molecule has 0 saturated heterocycles. The molecule has 0 aliphatic heterocycles. The first-order chi connectivity index (χ1) is 10.5. The van der Waals surface area contributed by atoms with Gasteiger partial charge < -0.3 is 4.90 Å². The van der Waals surface area contributed by atoms with Crippen LogP contribution in [0.25, 0.3) is 5.69 Å². The van der Waals surface area contributed by atoms with Gasteiger partial charge >= 0.3 is 0 Å². The van der Waals surface area contributed by atoms with Crippen LogP contribution in [0.4, 0.5) is 5.69 Å². The Morgan fingerprint density at radius 3 is 2.82 bits per heavy atom. The average molecular weight is 341 g/mol. The van der Waals surface area contributed by atoms with Gasteiger partial charge in [0.2, 0.25) is 5.91 Å². The van der Waals surface area contributed by atoms with Crippen molar-refractivity contribution in [3.05, 3.63) is 35.9 Å². The molecule has 0 radical (unpaired) electrons. The van der Waals surface area contributed by atoms with Crippen molar-refractivity contribution in [1.82, 2.24) is 14.8 Å². The molecule has 0 aliphatic rings. The maximum Gasteiger partial charge on any atom is 0.242 e. The van der Waals surface area contributed by atoms with Crippen LogP contribution < -0.4 is 4.90 Å². The summed E-state index contributed by atoms with van der Waals surface area (Å²) in [5.74, 6) is -0.240. The third kappa shape index (κ3) is 3.36. The number of halogens is 1. The lowest BCUT2D eigenvalue weighted by molar-refractivity contribution is -0.117. The number of anilines is 1. The van der Waals surface area contributed by atoms with Crippen LogP contribution in [0.15, 0.2) is 30.7 Å². The Morgan fingerprint density at radius 1 is 1.55 bits per heavy atom. The molecule has 0 fully saturated rings. The van der Waals surface area contributed by atoms with E-state index in [9.17, 15) is 9.00 Å². The molecule has 2 unspecified atom stereocenters. The molecule has 6 nitrogen and oxygen atoms in total. The lowest BCUT2D eigenvalue weighted by Crippen LogP contribution is -2.38. The van der Waals surface area contributed by atoms with Gasteiger partial charge in [0, 0.05) is 30.3 Å². The Bertz CT molecular complexity index is 689. The van der Waals surface area contributed by atoms with Crippen molar-refractivity contribution in [2.45, 2.75) is 18.6 Å². The summed E-state index contributed by atoms with van der Waals surface area (Å²) in [6.07, 6.45) is 6.99. The van der Waals surface area contributed by atoms with Crippen LogP contribution >= 0.6 is 11.6 Å². The van der Waals surface area contributed by atoms with Crippen LogP contribution in [-0.2, 0) is 15.6 Å². The zero-order valence-corrected chi connectivity index (χ0v) is 14.1. The lowest BCUT2D eigenvalue weighted by atomic mass is 10.3. The summed E-state index contributed by atoms with van der Waals surface area (Å²) in [5, 5.41) is 3.84. The maximum atomic E-state index is 12.4. The van der Waals surface area contributed by atoms with Gasteiger partial charge in [-0.25, -0.2) is 4.68 Å². The van der Waals surface area contributed by atoms with Crippen molar-refractivity contribution in [3.63, 3.8) is 0 Å². The van der Waals surface area contributed by atoms with E-state index in [1.807, 2.05) is 13.0 Å². The molecular weight excluding hydrogens is 324 g/mol. The van der Waals surface area contributed by atoms with Crippen LogP contribution in [0.5, 0.6) is 0 Å². The largest absolute Gasteiger partial charge is 0.310 e. The van der Waals surface area contributed by atoms with Gasteiger partial charge in [0.25, 0.3) is 0 Å². The van der Waals surface area contributed by atoms with E-state index in [0.29, 0.717) is 12.1 Å². The number of pyridine rings is 1. The van der Waals surface area contributed by atoms with Crippen LogP contribution in [0.2, 0.25) is 5.15 Å². The molecular formula is C14H17ClN4O2S. The summed E-state index contributed by atoms with van der Waals surface area (Å²) < 4.78 is 13.2. The van der Waals surface area contributed by atoms with E-state index in [2.05, 4.69) is 10.1 Å². The van der Waals surface area contributed by atoms with Gasteiger partial charge in [-0.1, -0.05) is 18.5 Å². The van der Waals surface area contributed by atoms with E-state index >= 15 is 0 Å². The van der Waals surface area contributed by atoms with Crippen LogP contribution in [0, 0.1) is 0 Å². The number of hydrogen-bond donors (Lipinski definition) is 0. The molecule has 2 rings (SSSR count). The summed E-state index contributed by atoms with van der Waals surface area (Å²) in [4.78, 5) is 17.9. The van der Waals surface area contributed by atoms with E-state index in [1.165, 1.54) is 11.2 Å². The highest BCUT2D eigenvalue weighted by atomic mass is 35.5. The molecule has 0 spiro atoms. The zero-order valence-electron chi connectivity index (χ0n) is 12.6. The molecule has 2 heterocycles. The topological polar surface area (TPSA) is 68.1 Å². The first kappa shape index (κ1) is 16.6. The zero-order chi connectivity index (χ0) is 16.3. The van der Waals surface area contributed by atoms with Gasteiger partial charge in [0.15, 0.2) is 5.15 Å². The molecule has 0 aromatic carbocycles.